The number of nitrogens with one attached hydrogen (secondary N) is 1. The maximum absolute atomic E-state index is 14.6. The molecule has 0 aromatic heterocycles. The summed E-state index contributed by atoms with van der Waals surface area (Å²) < 4.78 is 66.0. The molecule has 0 bridgehead atoms. The number of carbonyl (C=O) groups is 2. The van der Waals surface area contributed by atoms with Crippen molar-refractivity contribution in [2.75, 3.05) is 11.9 Å². The van der Waals surface area contributed by atoms with Crippen LogP contribution in [-0.2, 0) is 31.8 Å². The molecule has 0 radical (unpaired) electrons. The van der Waals surface area contributed by atoms with Gasteiger partial charge in [-0.3, -0.25) is 9.59 Å². The molecular weight excluding hydrogens is 594 g/mol. The Morgan fingerprint density at radius 1 is 1.00 bits per heavy atom. The largest absolute Gasteiger partial charge is 0.461 e. The van der Waals surface area contributed by atoms with Crippen molar-refractivity contribution < 1.29 is 36.6 Å². The predicted octanol–water partition coefficient (Wildman–Crippen LogP) is 7.50. The molecule has 212 valence electrons. The van der Waals surface area contributed by atoms with Gasteiger partial charge in [0, 0.05) is 17.0 Å². The Balaban J connectivity index is 1.66. The standard InChI is InChI=1S/C30H28BrF4NO4/c1-2-39-22-15-23(19-8-11-21(31)12-9-19)27(29(38)40-17-18-6-4-3-5-7-18)24(16-22)28(37)36-26-13-10-20(14-25(26)32)30(33,34)35/h3-14,22-24,27H,2,15-17H2,1H3,(H,36,37)/t22-,23-,24-,27-/m1/s1. The zero-order valence-electron chi connectivity index (χ0n) is 21.6. The van der Waals surface area contributed by atoms with Gasteiger partial charge in [-0.2, -0.15) is 13.2 Å². The minimum atomic E-state index is -4.73. The van der Waals surface area contributed by atoms with E-state index in [1.807, 2.05) is 61.5 Å². The molecule has 0 spiro atoms. The third-order valence-corrected chi connectivity index (χ3v) is 7.52. The molecule has 5 nitrogen and oxygen atoms in total. The molecule has 3 aromatic carbocycles. The van der Waals surface area contributed by atoms with E-state index < -0.39 is 52.9 Å². The summed E-state index contributed by atoms with van der Waals surface area (Å²) in [6.07, 6.45) is -4.52. The first kappa shape index (κ1) is 29.7. The van der Waals surface area contributed by atoms with E-state index in [0.29, 0.717) is 25.2 Å². The van der Waals surface area contributed by atoms with Crippen molar-refractivity contribution in [2.45, 2.75) is 44.6 Å². The number of carbonyl (C=O) groups excluding carboxylic acids is 2. The van der Waals surface area contributed by atoms with Gasteiger partial charge in [-0.25, -0.2) is 4.39 Å². The molecule has 4 rings (SSSR count). The van der Waals surface area contributed by atoms with Crippen LogP contribution in [0, 0.1) is 17.7 Å². The molecule has 10 heteroatoms. The van der Waals surface area contributed by atoms with E-state index in [0.717, 1.165) is 21.7 Å². The van der Waals surface area contributed by atoms with Gasteiger partial charge in [0.2, 0.25) is 5.91 Å². The molecule has 0 aliphatic heterocycles. The maximum atomic E-state index is 14.6. The number of hydrogen-bond acceptors (Lipinski definition) is 4. The van der Waals surface area contributed by atoms with Gasteiger partial charge in [0.25, 0.3) is 0 Å². The van der Waals surface area contributed by atoms with Crippen LogP contribution in [0.5, 0.6) is 0 Å². The van der Waals surface area contributed by atoms with Crippen LogP contribution in [-0.4, -0.2) is 24.6 Å². The molecule has 0 saturated heterocycles. The highest BCUT2D eigenvalue weighted by atomic mass is 79.9. The summed E-state index contributed by atoms with van der Waals surface area (Å²) in [5.41, 5.74) is -0.0116. The second-order valence-electron chi connectivity index (χ2n) is 9.61. The van der Waals surface area contributed by atoms with Crippen molar-refractivity contribution >= 4 is 33.5 Å². The summed E-state index contributed by atoms with van der Waals surface area (Å²) in [5, 5.41) is 2.41. The number of esters is 1. The number of benzene rings is 3. The Hall–Kier alpha value is -3.24. The van der Waals surface area contributed by atoms with Crippen molar-refractivity contribution in [3.63, 3.8) is 0 Å². The van der Waals surface area contributed by atoms with Crippen LogP contribution in [0.2, 0.25) is 0 Å². The van der Waals surface area contributed by atoms with Gasteiger partial charge in [0.1, 0.15) is 12.4 Å². The van der Waals surface area contributed by atoms with Gasteiger partial charge >= 0.3 is 12.1 Å². The third kappa shape index (κ3) is 7.28. The molecular formula is C30H28BrF4NO4. The van der Waals surface area contributed by atoms with Crippen molar-refractivity contribution in [1.29, 1.82) is 0 Å². The Kier molecular flexibility index (Phi) is 9.63. The number of alkyl halides is 3. The quantitative estimate of drug-likeness (QED) is 0.209. The lowest BCUT2D eigenvalue weighted by Gasteiger charge is -2.40. The molecule has 0 heterocycles. The summed E-state index contributed by atoms with van der Waals surface area (Å²) in [6, 6.07) is 18.3. The van der Waals surface area contributed by atoms with E-state index in [9.17, 15) is 27.2 Å². The second-order valence-corrected chi connectivity index (χ2v) is 10.5. The van der Waals surface area contributed by atoms with Crippen LogP contribution in [0.15, 0.2) is 77.3 Å². The molecule has 1 aliphatic carbocycles. The smallest absolute Gasteiger partial charge is 0.416 e. The monoisotopic (exact) mass is 621 g/mol. The normalized spacial score (nSPS) is 21.1. The number of anilines is 1. The zero-order valence-corrected chi connectivity index (χ0v) is 23.2. The van der Waals surface area contributed by atoms with Gasteiger partial charge in [-0.15, -0.1) is 0 Å². The number of ether oxygens (including phenoxy) is 2. The van der Waals surface area contributed by atoms with Crippen LogP contribution >= 0.6 is 15.9 Å². The van der Waals surface area contributed by atoms with Gasteiger partial charge in [-0.05, 0) is 61.2 Å². The highest BCUT2D eigenvalue weighted by Gasteiger charge is 2.47. The predicted molar refractivity (Wildman–Crippen MR) is 145 cm³/mol. The summed E-state index contributed by atoms with van der Waals surface area (Å²) in [4.78, 5) is 27.2. The van der Waals surface area contributed by atoms with E-state index in [1.165, 1.54) is 0 Å². The number of hydrogen-bond donors (Lipinski definition) is 1. The molecule has 1 saturated carbocycles. The molecule has 1 fully saturated rings. The molecule has 0 unspecified atom stereocenters. The van der Waals surface area contributed by atoms with Gasteiger partial charge < -0.3 is 14.8 Å². The average molecular weight is 622 g/mol. The zero-order chi connectivity index (χ0) is 28.9. The van der Waals surface area contributed by atoms with E-state index >= 15 is 0 Å². The fourth-order valence-corrected chi connectivity index (χ4v) is 5.37. The molecule has 4 atom stereocenters. The molecule has 1 N–H and O–H groups in total. The Bertz CT molecular complexity index is 1320. The van der Waals surface area contributed by atoms with Crippen LogP contribution in [0.4, 0.5) is 23.2 Å². The summed E-state index contributed by atoms with van der Waals surface area (Å²) >= 11 is 3.41. The van der Waals surface area contributed by atoms with Crippen molar-refractivity contribution in [3.05, 3.63) is 99.8 Å². The summed E-state index contributed by atoms with van der Waals surface area (Å²) in [7, 11) is 0. The molecule has 40 heavy (non-hydrogen) atoms. The van der Waals surface area contributed by atoms with E-state index in [4.69, 9.17) is 9.47 Å². The lowest BCUT2D eigenvalue weighted by Crippen LogP contribution is -2.45. The van der Waals surface area contributed by atoms with Gasteiger partial charge in [-0.1, -0.05) is 58.4 Å². The first-order valence-electron chi connectivity index (χ1n) is 12.8. The lowest BCUT2D eigenvalue weighted by molar-refractivity contribution is -0.158. The lowest BCUT2D eigenvalue weighted by atomic mass is 9.67. The minimum Gasteiger partial charge on any atom is -0.461 e. The highest BCUT2D eigenvalue weighted by molar-refractivity contribution is 9.10. The SMILES string of the molecule is CCO[C@@H]1C[C@H](c2ccc(Br)cc2)[C@@H](C(=O)OCc2ccccc2)[C@H](C(=O)Nc2ccc(C(F)(F)F)cc2F)C1. The fourth-order valence-electron chi connectivity index (χ4n) is 5.10. The van der Waals surface area contributed by atoms with Gasteiger partial charge in [0.15, 0.2) is 0 Å². The molecule has 1 amide bonds. The Morgan fingerprint density at radius 2 is 1.70 bits per heavy atom. The highest BCUT2D eigenvalue weighted by Crippen LogP contribution is 2.44. The molecule has 3 aromatic rings. The molecule has 1 aliphatic rings. The Morgan fingerprint density at radius 3 is 2.33 bits per heavy atom. The third-order valence-electron chi connectivity index (χ3n) is 6.99. The van der Waals surface area contributed by atoms with E-state index in [2.05, 4.69) is 21.2 Å². The first-order valence-corrected chi connectivity index (χ1v) is 13.6. The Labute approximate surface area is 238 Å². The topological polar surface area (TPSA) is 64.6 Å². The van der Waals surface area contributed by atoms with Crippen LogP contribution in [0.1, 0.15) is 42.4 Å². The van der Waals surface area contributed by atoms with Crippen molar-refractivity contribution in [1.82, 2.24) is 0 Å². The van der Waals surface area contributed by atoms with Gasteiger partial charge in [0.05, 0.1) is 29.2 Å². The van der Waals surface area contributed by atoms with Crippen molar-refractivity contribution in [2.24, 2.45) is 11.8 Å². The first-order chi connectivity index (χ1) is 19.1. The minimum absolute atomic E-state index is 0.00000857. The van der Waals surface area contributed by atoms with E-state index in [1.54, 1.807) is 0 Å². The van der Waals surface area contributed by atoms with E-state index in [-0.39, 0.29) is 19.1 Å². The fraction of sp³-hybridized carbons (Fsp3) is 0.333. The summed E-state index contributed by atoms with van der Waals surface area (Å²) in [6.45, 7) is 2.20. The second kappa shape index (κ2) is 13.0. The van der Waals surface area contributed by atoms with Crippen LogP contribution in [0.25, 0.3) is 0 Å². The van der Waals surface area contributed by atoms with Crippen LogP contribution < -0.4 is 5.32 Å². The number of rotatable bonds is 8. The number of amides is 1. The summed E-state index contributed by atoms with van der Waals surface area (Å²) in [5.74, 6) is -4.93. The van der Waals surface area contributed by atoms with Crippen molar-refractivity contribution in [3.8, 4) is 0 Å². The van der Waals surface area contributed by atoms with Crippen LogP contribution in [0.3, 0.4) is 0 Å². The number of halogens is 5. The average Bonchev–Trinajstić information content (AvgIpc) is 2.93. The maximum Gasteiger partial charge on any atom is 0.416 e.